The summed E-state index contributed by atoms with van der Waals surface area (Å²) in [5, 5.41) is 11.0. The highest BCUT2D eigenvalue weighted by Gasteiger charge is 2.06. The van der Waals surface area contributed by atoms with E-state index in [1.165, 1.54) is 4.52 Å². The predicted molar refractivity (Wildman–Crippen MR) is 35.4 cm³/mol. The lowest BCUT2D eigenvalue weighted by atomic mass is 10.5. The number of aromatic amines is 1. The van der Waals surface area contributed by atoms with Gasteiger partial charge >= 0.3 is 0 Å². The van der Waals surface area contributed by atoms with E-state index in [1.807, 2.05) is 0 Å². The Labute approximate surface area is 57.3 Å². The fourth-order valence-corrected chi connectivity index (χ4v) is 1.03. The van der Waals surface area contributed by atoms with Gasteiger partial charge < -0.3 is 10.2 Å². The van der Waals surface area contributed by atoms with Gasteiger partial charge in [0, 0.05) is 13.1 Å². The van der Waals surface area contributed by atoms with E-state index in [9.17, 15) is 5.21 Å². The van der Waals surface area contributed by atoms with Crippen molar-refractivity contribution >= 4 is 5.65 Å². The molecule has 2 heterocycles. The van der Waals surface area contributed by atoms with E-state index in [-0.39, 0.29) is 0 Å². The van der Waals surface area contributed by atoms with Crippen LogP contribution < -0.4 is 4.85 Å². The van der Waals surface area contributed by atoms with E-state index >= 15 is 0 Å². The molecule has 10 heavy (non-hydrogen) atoms. The summed E-state index contributed by atoms with van der Waals surface area (Å²) in [7, 11) is 0. The summed E-state index contributed by atoms with van der Waals surface area (Å²) in [4.78, 5) is 3.76. The monoisotopic (exact) mass is 137 g/mol. The van der Waals surface area contributed by atoms with Crippen LogP contribution in [0.25, 0.3) is 5.65 Å². The number of hydrogen-bond acceptors (Lipinski definition) is 1. The molecule has 4 heteroatoms. The first-order valence-electron chi connectivity index (χ1n) is 3.04. The van der Waals surface area contributed by atoms with Gasteiger partial charge in [0.05, 0.1) is 12.3 Å². The van der Waals surface area contributed by atoms with E-state index in [0.29, 0.717) is 5.69 Å². The molecule has 52 valence electrons. The normalized spacial score (nSPS) is 10.9. The number of nitrogens with zero attached hydrogens (tertiary/aromatic N) is 2. The van der Waals surface area contributed by atoms with Crippen molar-refractivity contribution in [1.82, 2.24) is 9.50 Å². The van der Waals surface area contributed by atoms with Gasteiger partial charge in [-0.25, -0.2) is 0 Å². The van der Waals surface area contributed by atoms with Crippen molar-refractivity contribution in [3.8, 4) is 0 Å². The zero-order chi connectivity index (χ0) is 7.14. The maximum Gasteiger partial charge on any atom is 0.220 e. The van der Waals surface area contributed by atoms with Crippen molar-refractivity contribution < 1.29 is 4.85 Å². The summed E-state index contributed by atoms with van der Waals surface area (Å²) < 4.78 is 1.51. The van der Waals surface area contributed by atoms with Crippen LogP contribution in [0, 0.1) is 12.1 Å². The molecule has 2 aromatic rings. The van der Waals surface area contributed by atoms with Crippen LogP contribution in [0.1, 0.15) is 5.69 Å². The van der Waals surface area contributed by atoms with Crippen LogP contribution in [0.4, 0.5) is 0 Å². The first-order chi connectivity index (χ1) is 4.79. The Balaban J connectivity index is 2.95. The SMILES string of the molecule is Cc1cc2[nH]ccn2[n+]1[O-]. The highest BCUT2D eigenvalue weighted by Crippen LogP contribution is 1.98. The van der Waals surface area contributed by atoms with Gasteiger partial charge in [-0.05, 0) is 0 Å². The minimum atomic E-state index is 0.701. The van der Waals surface area contributed by atoms with Crippen molar-refractivity contribution in [3.63, 3.8) is 0 Å². The van der Waals surface area contributed by atoms with Gasteiger partial charge in [-0.2, -0.15) is 0 Å². The standard InChI is InChI=1S/C6H7N3O/c1-5-4-6-7-2-3-8(6)9(5)10/h2-4,7H,1H3. The van der Waals surface area contributed by atoms with E-state index in [1.54, 1.807) is 25.4 Å². The molecule has 0 aliphatic carbocycles. The van der Waals surface area contributed by atoms with Crippen molar-refractivity contribution in [2.24, 2.45) is 0 Å². The quantitative estimate of drug-likeness (QED) is 0.409. The highest BCUT2D eigenvalue weighted by molar-refractivity contribution is 5.35. The summed E-state index contributed by atoms with van der Waals surface area (Å²) in [6.45, 7) is 1.77. The topological polar surface area (TPSA) is 47.1 Å². The van der Waals surface area contributed by atoms with Gasteiger partial charge in [0.25, 0.3) is 0 Å². The maximum atomic E-state index is 11.0. The number of nitrogens with one attached hydrogen (secondary N) is 1. The van der Waals surface area contributed by atoms with Crippen molar-refractivity contribution in [2.75, 3.05) is 0 Å². The second kappa shape index (κ2) is 1.53. The third kappa shape index (κ3) is 0.478. The van der Waals surface area contributed by atoms with Crippen molar-refractivity contribution in [2.45, 2.75) is 6.92 Å². The smallest absolute Gasteiger partial charge is 0.220 e. The minimum Gasteiger partial charge on any atom is -0.595 e. The zero-order valence-electron chi connectivity index (χ0n) is 5.53. The molecule has 2 aromatic heterocycles. The molecule has 0 atom stereocenters. The first kappa shape index (κ1) is 5.34. The third-order valence-electron chi connectivity index (χ3n) is 1.54. The lowest BCUT2D eigenvalue weighted by Crippen LogP contribution is -2.34. The van der Waals surface area contributed by atoms with Gasteiger partial charge in [0.1, 0.15) is 0 Å². The Hall–Kier alpha value is -1.45. The molecule has 0 unspecified atom stereocenters. The Bertz CT molecular complexity index is 360. The molecule has 0 radical (unpaired) electrons. The fourth-order valence-electron chi connectivity index (χ4n) is 1.03. The molecular weight excluding hydrogens is 130 g/mol. The largest absolute Gasteiger partial charge is 0.595 e. The van der Waals surface area contributed by atoms with Crippen LogP contribution in [0.5, 0.6) is 0 Å². The number of H-pyrrole nitrogens is 1. The maximum absolute atomic E-state index is 11.0. The lowest BCUT2D eigenvalue weighted by Gasteiger charge is -1.90. The Morgan fingerprint density at radius 1 is 1.70 bits per heavy atom. The molecule has 0 aromatic carbocycles. The van der Waals surface area contributed by atoms with Crippen LogP contribution >= 0.6 is 0 Å². The van der Waals surface area contributed by atoms with E-state index in [4.69, 9.17) is 0 Å². The van der Waals surface area contributed by atoms with Crippen LogP contribution in [0.15, 0.2) is 18.5 Å². The van der Waals surface area contributed by atoms with Crippen LogP contribution in [0.2, 0.25) is 0 Å². The van der Waals surface area contributed by atoms with E-state index < -0.39 is 0 Å². The average molecular weight is 137 g/mol. The lowest BCUT2D eigenvalue weighted by molar-refractivity contribution is -0.682. The van der Waals surface area contributed by atoms with Gasteiger partial charge in [-0.1, -0.05) is 9.36 Å². The summed E-state index contributed by atoms with van der Waals surface area (Å²) in [5.41, 5.74) is 1.53. The third-order valence-corrected chi connectivity index (χ3v) is 1.54. The summed E-state index contributed by atoms with van der Waals surface area (Å²) in [5.74, 6) is 0. The molecule has 0 bridgehead atoms. The Morgan fingerprint density at radius 3 is 3.20 bits per heavy atom. The number of rotatable bonds is 0. The first-order valence-corrected chi connectivity index (χ1v) is 3.04. The number of imidazole rings is 1. The Morgan fingerprint density at radius 2 is 2.50 bits per heavy atom. The molecule has 0 saturated heterocycles. The van der Waals surface area contributed by atoms with E-state index in [0.717, 1.165) is 10.5 Å². The fraction of sp³-hybridized carbons (Fsp3) is 0.167. The second-order valence-electron chi connectivity index (χ2n) is 2.25. The van der Waals surface area contributed by atoms with Crippen molar-refractivity contribution in [3.05, 3.63) is 29.4 Å². The molecule has 0 spiro atoms. The number of fused-ring (bicyclic) bond motifs is 1. The molecule has 4 nitrogen and oxygen atoms in total. The predicted octanol–water partition coefficient (Wildman–Crippen LogP) is 0.209. The summed E-state index contributed by atoms with van der Waals surface area (Å²) >= 11 is 0. The molecule has 2 rings (SSSR count). The molecule has 0 saturated carbocycles. The van der Waals surface area contributed by atoms with Gasteiger partial charge in [0.15, 0.2) is 5.65 Å². The average Bonchev–Trinajstić information content (AvgIpc) is 2.41. The van der Waals surface area contributed by atoms with Gasteiger partial charge in [-0.15, -0.1) is 0 Å². The van der Waals surface area contributed by atoms with Crippen molar-refractivity contribution in [1.29, 1.82) is 0 Å². The number of aryl methyl sites for hydroxylation is 1. The molecule has 0 aliphatic rings. The Kier molecular flexibility index (Phi) is 0.818. The second-order valence-corrected chi connectivity index (χ2v) is 2.25. The van der Waals surface area contributed by atoms with Gasteiger partial charge in [-0.3, -0.25) is 0 Å². The summed E-state index contributed by atoms with van der Waals surface area (Å²) in [6, 6.07) is 1.80. The summed E-state index contributed by atoms with van der Waals surface area (Å²) in [6.07, 6.45) is 3.42. The molecule has 0 amide bonds. The molecule has 0 aliphatic heterocycles. The molecular formula is C6H7N3O. The highest BCUT2D eigenvalue weighted by atomic mass is 16.5. The van der Waals surface area contributed by atoms with Crippen LogP contribution in [-0.2, 0) is 0 Å². The minimum absolute atomic E-state index is 0.701. The van der Waals surface area contributed by atoms with E-state index in [2.05, 4.69) is 4.98 Å². The van der Waals surface area contributed by atoms with Gasteiger partial charge in [0.2, 0.25) is 5.69 Å². The zero-order valence-corrected chi connectivity index (χ0v) is 5.53. The van der Waals surface area contributed by atoms with Crippen LogP contribution in [-0.4, -0.2) is 9.50 Å². The molecule has 1 N–H and O–H groups in total. The molecule has 0 fully saturated rings. The van der Waals surface area contributed by atoms with Crippen LogP contribution in [0.3, 0.4) is 0 Å². The number of aromatic nitrogens is 3. The number of hydrogen-bond donors (Lipinski definition) is 1.